The smallest absolute Gasteiger partial charge is 0.407 e. The highest BCUT2D eigenvalue weighted by atomic mass is 35.5. The van der Waals surface area contributed by atoms with Crippen LogP contribution in [-0.2, 0) is 85.6 Å². The maximum absolute atomic E-state index is 13.8. The number of aliphatic hydroxyl groups excluding tert-OH is 1. The summed E-state index contributed by atoms with van der Waals surface area (Å²) in [6, 6.07) is -2.43. The summed E-state index contributed by atoms with van der Waals surface area (Å²) >= 11 is 11.3. The van der Waals surface area contributed by atoms with Crippen molar-refractivity contribution in [1.82, 2.24) is 10.6 Å². The lowest BCUT2D eigenvalue weighted by molar-refractivity contribution is -0.322. The average Bonchev–Trinajstić information content (AvgIpc) is 3.83. The Morgan fingerprint density at radius 3 is 1.71 bits per heavy atom. The fourth-order valence-corrected chi connectivity index (χ4v) is 7.79. The Labute approximate surface area is 371 Å². The van der Waals surface area contributed by atoms with Crippen LogP contribution in [0.3, 0.4) is 0 Å². The molecule has 0 bridgehead atoms. The molecule has 25 heteroatoms. The molecule has 0 aromatic carbocycles. The van der Waals surface area contributed by atoms with Gasteiger partial charge in [-0.3, -0.25) is 19.2 Å². The first-order chi connectivity index (χ1) is 30.0. The van der Waals surface area contributed by atoms with Crippen LogP contribution in [0.1, 0.15) is 72.1 Å². The Morgan fingerprint density at radius 1 is 0.714 bits per heavy atom. The van der Waals surface area contributed by atoms with Crippen molar-refractivity contribution in [3.8, 4) is 0 Å². The van der Waals surface area contributed by atoms with Crippen LogP contribution < -0.4 is 10.6 Å². The van der Waals surface area contributed by atoms with Crippen LogP contribution in [0.5, 0.6) is 0 Å². The summed E-state index contributed by atoms with van der Waals surface area (Å²) in [5.74, 6) is -12.5. The van der Waals surface area contributed by atoms with Crippen LogP contribution in [-0.4, -0.2) is 171 Å². The van der Waals surface area contributed by atoms with E-state index in [1.54, 1.807) is 0 Å². The summed E-state index contributed by atoms with van der Waals surface area (Å²) in [5, 5.41) is 16.9. The second-order valence-electron chi connectivity index (χ2n) is 14.9. The van der Waals surface area contributed by atoms with Crippen LogP contribution in [0.25, 0.3) is 0 Å². The molecule has 63 heavy (non-hydrogen) atoms. The lowest BCUT2D eigenvalue weighted by Gasteiger charge is -2.47. The molecule has 4 aliphatic rings. The lowest BCUT2D eigenvalue weighted by Crippen LogP contribution is -2.67. The number of hydrogen-bond donors (Lipinski definition) is 3. The molecule has 0 radical (unpaired) electrons. The molecule has 2 amide bonds. The summed E-state index contributed by atoms with van der Waals surface area (Å²) < 4.78 is 67.0. The molecule has 356 valence electrons. The molecule has 12 atom stereocenters. The number of rotatable bonds is 24. The van der Waals surface area contributed by atoms with Gasteiger partial charge in [0.1, 0.15) is 48.9 Å². The van der Waals surface area contributed by atoms with E-state index in [4.69, 9.17) is 80.0 Å². The van der Waals surface area contributed by atoms with E-state index in [1.165, 1.54) is 0 Å². The summed E-state index contributed by atoms with van der Waals surface area (Å²) in [6.07, 6.45) is -10.9. The summed E-state index contributed by atoms with van der Waals surface area (Å²) in [6.45, 7) is 2.28. The molecule has 23 nitrogen and oxygen atoms in total. The highest BCUT2D eigenvalue weighted by molar-refractivity contribution is 6.26. The quantitative estimate of drug-likeness (QED) is 0.0522. The Bertz CT molecular complexity index is 1660. The van der Waals surface area contributed by atoms with Crippen LogP contribution in [0.2, 0.25) is 0 Å². The van der Waals surface area contributed by atoms with Crippen LogP contribution >= 0.6 is 23.2 Å². The maximum Gasteiger partial charge on any atom is 0.407 e. The number of nitrogens with one attached hydrogen (secondary N) is 2. The van der Waals surface area contributed by atoms with Gasteiger partial charge < -0.3 is 72.6 Å². The van der Waals surface area contributed by atoms with Crippen molar-refractivity contribution in [2.45, 2.75) is 145 Å². The van der Waals surface area contributed by atoms with Gasteiger partial charge in [0.25, 0.3) is 11.6 Å². The highest BCUT2D eigenvalue weighted by Crippen LogP contribution is 2.41. The number of fused-ring (bicyclic) bond motifs is 2. The minimum atomic E-state index is -2.67. The third-order valence-electron chi connectivity index (χ3n) is 10.4. The topological polar surface area (TPSA) is 292 Å². The number of ether oxygens (including phenoxy) is 12. The SMILES string of the molecule is CCCCCCCCO[C@]1(C(=O)OC)C[C@@H]2OC(=O)N[C@H]2[C@H]([C@H](OC(C)=O)[C@H](O)CO[C@]2(C(=O)OC)C[C@@H]3OC(=O)N[C@H]3[C@H]([C@H](OC(C)=O)[C@@H](COC(=O)CCl)OC(=O)CCl)O2)O1. The predicted octanol–water partition coefficient (Wildman–Crippen LogP) is 0.807. The molecule has 4 saturated heterocycles. The molecule has 0 saturated carbocycles. The second-order valence-corrected chi connectivity index (χ2v) is 15.4. The van der Waals surface area contributed by atoms with Crippen molar-refractivity contribution in [2.75, 3.05) is 45.8 Å². The van der Waals surface area contributed by atoms with E-state index in [0.29, 0.717) is 6.42 Å². The Kier molecular flexibility index (Phi) is 19.2. The average molecular weight is 946 g/mol. The van der Waals surface area contributed by atoms with E-state index in [0.717, 1.165) is 60.2 Å². The van der Waals surface area contributed by atoms with E-state index < -0.39 is 152 Å². The second kappa shape index (κ2) is 23.6. The van der Waals surface area contributed by atoms with Crippen molar-refractivity contribution >= 4 is 71.2 Å². The number of aliphatic hydroxyl groups is 1. The van der Waals surface area contributed by atoms with Gasteiger partial charge >= 0.3 is 48.0 Å². The first-order valence-electron chi connectivity index (χ1n) is 20.2. The first-order valence-corrected chi connectivity index (χ1v) is 21.3. The van der Waals surface area contributed by atoms with Crippen LogP contribution in [0, 0.1) is 0 Å². The molecule has 4 heterocycles. The van der Waals surface area contributed by atoms with E-state index in [2.05, 4.69) is 17.6 Å². The summed E-state index contributed by atoms with van der Waals surface area (Å²) in [5.41, 5.74) is 0. The summed E-state index contributed by atoms with van der Waals surface area (Å²) in [4.78, 5) is 102. The van der Waals surface area contributed by atoms with E-state index >= 15 is 0 Å². The fraction of sp³-hybridized carbons (Fsp3) is 0.789. The zero-order valence-corrected chi connectivity index (χ0v) is 36.8. The number of amides is 2. The number of alkyl carbamates (subject to hydrolysis) is 2. The number of alkyl halides is 2. The van der Waals surface area contributed by atoms with Gasteiger partial charge in [0.05, 0.1) is 52.4 Å². The molecule has 0 unspecified atom stereocenters. The first kappa shape index (κ1) is 51.4. The van der Waals surface area contributed by atoms with Crippen LogP contribution in [0.4, 0.5) is 9.59 Å². The number of carbonyl (C=O) groups excluding carboxylic acids is 8. The molecule has 0 aromatic rings. The van der Waals surface area contributed by atoms with Gasteiger partial charge in [0, 0.05) is 13.8 Å². The molecule has 0 aliphatic carbocycles. The van der Waals surface area contributed by atoms with Gasteiger partial charge in [0.15, 0.2) is 18.3 Å². The maximum atomic E-state index is 13.8. The zero-order valence-electron chi connectivity index (χ0n) is 35.3. The number of halogens is 2. The van der Waals surface area contributed by atoms with Gasteiger partial charge in [-0.15, -0.1) is 23.2 Å². The zero-order chi connectivity index (χ0) is 46.5. The Hall–Kier alpha value is -4.26. The van der Waals surface area contributed by atoms with Gasteiger partial charge in [-0.25, -0.2) is 19.2 Å². The van der Waals surface area contributed by atoms with Crippen molar-refractivity contribution in [3.63, 3.8) is 0 Å². The Balaban J connectivity index is 1.70. The fourth-order valence-electron chi connectivity index (χ4n) is 7.65. The highest BCUT2D eigenvalue weighted by Gasteiger charge is 2.63. The number of carbonyl (C=O) groups is 8. The molecular weight excluding hydrogens is 891 g/mol. The van der Waals surface area contributed by atoms with E-state index in [-0.39, 0.29) is 13.0 Å². The molecular formula is C38H54Cl2N2O21. The number of esters is 6. The molecule has 4 aliphatic heterocycles. The minimum Gasteiger partial charge on any atom is -0.465 e. The van der Waals surface area contributed by atoms with Crippen molar-refractivity contribution in [2.24, 2.45) is 0 Å². The summed E-state index contributed by atoms with van der Waals surface area (Å²) in [7, 11) is 2.03. The van der Waals surface area contributed by atoms with Crippen LogP contribution in [0.15, 0.2) is 0 Å². The molecule has 4 fully saturated rings. The molecule has 0 aromatic heterocycles. The van der Waals surface area contributed by atoms with Gasteiger partial charge in [0.2, 0.25) is 0 Å². The molecule has 0 spiro atoms. The van der Waals surface area contributed by atoms with Gasteiger partial charge in [-0.1, -0.05) is 39.0 Å². The minimum absolute atomic E-state index is 0.00770. The van der Waals surface area contributed by atoms with E-state index in [9.17, 15) is 43.5 Å². The third-order valence-corrected chi connectivity index (χ3v) is 10.8. The van der Waals surface area contributed by atoms with Gasteiger partial charge in [-0.05, 0) is 6.42 Å². The number of unbranched alkanes of at least 4 members (excludes halogenated alkanes) is 5. The number of methoxy groups -OCH3 is 2. The lowest BCUT2D eigenvalue weighted by atomic mass is 9.88. The molecule has 3 N–H and O–H groups in total. The number of hydrogen-bond acceptors (Lipinski definition) is 21. The Morgan fingerprint density at radius 2 is 1.21 bits per heavy atom. The monoisotopic (exact) mass is 944 g/mol. The third kappa shape index (κ3) is 13.2. The van der Waals surface area contributed by atoms with E-state index in [1.807, 2.05) is 0 Å². The van der Waals surface area contributed by atoms with Crippen molar-refractivity contribution in [1.29, 1.82) is 0 Å². The standard InChI is InChI=1S/C38H54Cl2N2O21/c1-6-7-8-9-10-11-12-55-37(33(48)52-4)13-22-27(41-35(50)60-22)31(62-37)29(57-19(2)43)21(45)17-56-38(34(49)53-5)14-23-28(42-36(51)61-23)32(63-38)30(58-20(3)44)24(59-26(47)16-40)18-54-25(46)15-39/h21-24,27-32,45H,6-18H2,1-5H3,(H,41,50)(H,42,51)/t21-,22+,23+,24-,27-,28-,29-,30-,31-,32-,37-,38-/m1/s1. The van der Waals surface area contributed by atoms with Gasteiger partial charge in [-0.2, -0.15) is 0 Å². The largest absolute Gasteiger partial charge is 0.465 e. The normalized spacial score (nSPS) is 29.1. The predicted molar refractivity (Wildman–Crippen MR) is 208 cm³/mol. The molecule has 4 rings (SSSR count). The van der Waals surface area contributed by atoms with Crippen molar-refractivity contribution in [3.05, 3.63) is 0 Å². The van der Waals surface area contributed by atoms with Crippen molar-refractivity contribution < 1.29 is 100 Å².